The number of rotatable bonds is 3. The van der Waals surface area contributed by atoms with Crippen LogP contribution in [0.2, 0.25) is 0 Å². The fourth-order valence-corrected chi connectivity index (χ4v) is 1.99. The van der Waals surface area contributed by atoms with Crippen molar-refractivity contribution in [2.24, 2.45) is 5.92 Å². The summed E-state index contributed by atoms with van der Waals surface area (Å²) in [4.78, 5) is 0. The minimum absolute atomic E-state index is 0.237. The van der Waals surface area contributed by atoms with Gasteiger partial charge in [0, 0.05) is 17.6 Å². The topological polar surface area (TPSA) is 32.3 Å². The zero-order valence-corrected chi connectivity index (χ0v) is 9.62. The van der Waals surface area contributed by atoms with Gasteiger partial charge in [-0.3, -0.25) is 0 Å². The van der Waals surface area contributed by atoms with Crippen LogP contribution in [-0.2, 0) is 0 Å². The molecule has 3 unspecified atom stereocenters. The normalized spacial score (nSPS) is 26.3. The molecular weight excluding hydrogens is 186 g/mol. The van der Waals surface area contributed by atoms with Gasteiger partial charge in [0.2, 0.25) is 0 Å². The van der Waals surface area contributed by atoms with E-state index in [4.69, 9.17) is 0 Å². The van der Waals surface area contributed by atoms with Gasteiger partial charge in [-0.2, -0.15) is 0 Å². The number of hydrogen-bond acceptors (Lipinski definition) is 2. The van der Waals surface area contributed by atoms with Gasteiger partial charge in [-0.25, -0.2) is 0 Å². The summed E-state index contributed by atoms with van der Waals surface area (Å²) in [5.74, 6) is 1.20. The second kappa shape index (κ2) is 3.86. The number of hydrogen-bond donors (Lipinski definition) is 2. The first-order valence-electron chi connectivity index (χ1n) is 5.63. The molecule has 0 heterocycles. The van der Waals surface area contributed by atoms with E-state index < -0.39 is 0 Å². The fourth-order valence-electron chi connectivity index (χ4n) is 1.99. The van der Waals surface area contributed by atoms with Gasteiger partial charge in [-0.1, -0.05) is 19.1 Å². The van der Waals surface area contributed by atoms with Crippen LogP contribution in [0.3, 0.4) is 0 Å². The number of aromatic hydroxyl groups is 1. The lowest BCUT2D eigenvalue weighted by atomic mass is 10.0. The Morgan fingerprint density at radius 1 is 1.47 bits per heavy atom. The Labute approximate surface area is 91.3 Å². The van der Waals surface area contributed by atoms with E-state index in [9.17, 15) is 5.11 Å². The van der Waals surface area contributed by atoms with Crippen LogP contribution in [0.4, 0.5) is 0 Å². The van der Waals surface area contributed by atoms with Crippen molar-refractivity contribution in [3.05, 3.63) is 29.3 Å². The van der Waals surface area contributed by atoms with E-state index in [0.717, 1.165) is 17.0 Å². The molecule has 0 aliphatic heterocycles. The molecule has 1 aliphatic carbocycles. The zero-order valence-electron chi connectivity index (χ0n) is 9.62. The number of phenolic OH excluding ortho intramolecular Hbond substituents is 1. The third kappa shape index (κ3) is 2.32. The average molecular weight is 205 g/mol. The molecule has 3 atom stereocenters. The number of phenols is 1. The monoisotopic (exact) mass is 205 g/mol. The molecule has 82 valence electrons. The van der Waals surface area contributed by atoms with Crippen molar-refractivity contribution >= 4 is 0 Å². The van der Waals surface area contributed by atoms with Gasteiger partial charge in [-0.05, 0) is 37.8 Å². The van der Waals surface area contributed by atoms with Gasteiger partial charge in [0.1, 0.15) is 5.75 Å². The van der Waals surface area contributed by atoms with Crippen LogP contribution < -0.4 is 5.32 Å². The molecule has 0 radical (unpaired) electrons. The SMILES string of the molecule is Cc1ccc(C(C)NC2CC2C)c(O)c1. The first-order valence-corrected chi connectivity index (χ1v) is 5.63. The summed E-state index contributed by atoms with van der Waals surface area (Å²) in [5.41, 5.74) is 2.10. The number of aryl methyl sites for hydroxylation is 1. The molecule has 2 heteroatoms. The maximum absolute atomic E-state index is 9.82. The molecular formula is C13H19NO. The molecule has 1 aromatic rings. The van der Waals surface area contributed by atoms with Crippen LogP contribution in [0.5, 0.6) is 5.75 Å². The average Bonchev–Trinajstić information content (AvgIpc) is 2.81. The van der Waals surface area contributed by atoms with Crippen LogP contribution in [0.15, 0.2) is 18.2 Å². The van der Waals surface area contributed by atoms with E-state index in [1.165, 1.54) is 6.42 Å². The van der Waals surface area contributed by atoms with Gasteiger partial charge in [0.25, 0.3) is 0 Å². The Morgan fingerprint density at radius 3 is 2.67 bits per heavy atom. The smallest absolute Gasteiger partial charge is 0.120 e. The second-order valence-electron chi connectivity index (χ2n) is 4.77. The number of benzene rings is 1. The molecule has 1 saturated carbocycles. The van der Waals surface area contributed by atoms with Crippen molar-refractivity contribution in [2.75, 3.05) is 0 Å². The van der Waals surface area contributed by atoms with Gasteiger partial charge in [0.15, 0.2) is 0 Å². The predicted molar refractivity (Wildman–Crippen MR) is 62.0 cm³/mol. The van der Waals surface area contributed by atoms with Crippen molar-refractivity contribution in [1.82, 2.24) is 5.32 Å². The van der Waals surface area contributed by atoms with Crippen LogP contribution in [0, 0.1) is 12.8 Å². The minimum Gasteiger partial charge on any atom is -0.508 e. The van der Waals surface area contributed by atoms with Gasteiger partial charge < -0.3 is 10.4 Å². The lowest BCUT2D eigenvalue weighted by molar-refractivity contribution is 0.449. The summed E-state index contributed by atoms with van der Waals surface area (Å²) >= 11 is 0. The zero-order chi connectivity index (χ0) is 11.0. The van der Waals surface area contributed by atoms with Crippen molar-refractivity contribution in [1.29, 1.82) is 0 Å². The summed E-state index contributed by atoms with van der Waals surface area (Å²) in [6.45, 7) is 6.35. The molecule has 0 spiro atoms. The minimum atomic E-state index is 0.237. The van der Waals surface area contributed by atoms with Crippen LogP contribution in [0.25, 0.3) is 0 Å². The van der Waals surface area contributed by atoms with E-state index in [0.29, 0.717) is 11.8 Å². The molecule has 2 N–H and O–H groups in total. The quantitative estimate of drug-likeness (QED) is 0.795. The Morgan fingerprint density at radius 2 is 2.13 bits per heavy atom. The van der Waals surface area contributed by atoms with Crippen LogP contribution in [-0.4, -0.2) is 11.1 Å². The van der Waals surface area contributed by atoms with E-state index in [-0.39, 0.29) is 6.04 Å². The highest BCUT2D eigenvalue weighted by Gasteiger charge is 2.33. The van der Waals surface area contributed by atoms with Gasteiger partial charge >= 0.3 is 0 Å². The predicted octanol–water partition coefficient (Wildman–Crippen LogP) is 2.76. The second-order valence-corrected chi connectivity index (χ2v) is 4.77. The maximum atomic E-state index is 9.82. The molecule has 2 nitrogen and oxygen atoms in total. The van der Waals surface area contributed by atoms with Crippen molar-refractivity contribution in [3.8, 4) is 5.75 Å². The Balaban J connectivity index is 2.07. The lowest BCUT2D eigenvalue weighted by Gasteiger charge is -2.15. The first-order chi connectivity index (χ1) is 7.08. The third-order valence-corrected chi connectivity index (χ3v) is 3.23. The van der Waals surface area contributed by atoms with Crippen LogP contribution in [0.1, 0.15) is 37.4 Å². The Hall–Kier alpha value is -1.02. The van der Waals surface area contributed by atoms with E-state index in [2.05, 4.69) is 19.2 Å². The summed E-state index contributed by atoms with van der Waals surface area (Å²) in [6, 6.07) is 6.75. The highest BCUT2D eigenvalue weighted by atomic mass is 16.3. The van der Waals surface area contributed by atoms with Gasteiger partial charge in [-0.15, -0.1) is 0 Å². The molecule has 1 fully saturated rings. The van der Waals surface area contributed by atoms with Crippen molar-refractivity contribution < 1.29 is 5.11 Å². The fraction of sp³-hybridized carbons (Fsp3) is 0.538. The highest BCUT2D eigenvalue weighted by Crippen LogP contribution is 2.33. The van der Waals surface area contributed by atoms with E-state index in [1.807, 2.05) is 25.1 Å². The molecule has 0 bridgehead atoms. The Bertz CT molecular complexity index is 362. The van der Waals surface area contributed by atoms with Crippen molar-refractivity contribution in [2.45, 2.75) is 39.3 Å². The summed E-state index contributed by atoms with van der Waals surface area (Å²) < 4.78 is 0. The molecule has 0 saturated heterocycles. The maximum Gasteiger partial charge on any atom is 0.120 e. The molecule has 1 aliphatic rings. The summed E-state index contributed by atoms with van der Waals surface area (Å²) in [6.07, 6.45) is 1.26. The Kier molecular flexibility index (Phi) is 2.70. The van der Waals surface area contributed by atoms with E-state index >= 15 is 0 Å². The highest BCUT2D eigenvalue weighted by molar-refractivity contribution is 5.37. The molecule has 2 rings (SSSR count). The molecule has 0 amide bonds. The first kappa shape index (κ1) is 10.5. The lowest BCUT2D eigenvalue weighted by Crippen LogP contribution is -2.22. The summed E-state index contributed by atoms with van der Waals surface area (Å²) in [5, 5.41) is 13.3. The summed E-state index contributed by atoms with van der Waals surface area (Å²) in [7, 11) is 0. The largest absolute Gasteiger partial charge is 0.508 e. The third-order valence-electron chi connectivity index (χ3n) is 3.23. The van der Waals surface area contributed by atoms with Crippen LogP contribution >= 0.6 is 0 Å². The van der Waals surface area contributed by atoms with E-state index in [1.54, 1.807) is 0 Å². The van der Waals surface area contributed by atoms with Gasteiger partial charge in [0.05, 0.1) is 0 Å². The standard InChI is InChI=1S/C13H19NO/c1-8-4-5-11(13(15)6-8)10(3)14-12-7-9(12)2/h4-6,9-10,12,14-15H,7H2,1-3H3. The van der Waals surface area contributed by atoms with Crippen molar-refractivity contribution in [3.63, 3.8) is 0 Å². The molecule has 1 aromatic carbocycles. The number of nitrogens with one attached hydrogen (secondary N) is 1. The molecule has 0 aromatic heterocycles. The molecule has 15 heavy (non-hydrogen) atoms.